The molecule has 1 amide bonds. The van der Waals surface area contributed by atoms with E-state index < -0.39 is 10.0 Å². The molecule has 0 unspecified atom stereocenters. The van der Waals surface area contributed by atoms with Crippen molar-refractivity contribution in [1.29, 1.82) is 0 Å². The van der Waals surface area contributed by atoms with Crippen LogP contribution in [0.4, 0.5) is 0 Å². The zero-order chi connectivity index (χ0) is 11.5. The minimum absolute atomic E-state index is 0.105. The second-order valence-corrected chi connectivity index (χ2v) is 5.54. The summed E-state index contributed by atoms with van der Waals surface area (Å²) in [6.07, 6.45) is 1.14. The van der Waals surface area contributed by atoms with E-state index in [1.807, 2.05) is 0 Å². The molecule has 0 spiro atoms. The molecule has 0 atom stereocenters. The van der Waals surface area contributed by atoms with E-state index in [1.165, 1.54) is 4.31 Å². The molecule has 6 nitrogen and oxygen atoms in total. The van der Waals surface area contributed by atoms with Crippen LogP contribution in [-0.2, 0) is 19.6 Å². The summed E-state index contributed by atoms with van der Waals surface area (Å²) in [5, 5.41) is 2.67. The minimum atomic E-state index is -3.13. The van der Waals surface area contributed by atoms with Gasteiger partial charge in [0.15, 0.2) is 0 Å². The van der Waals surface area contributed by atoms with Gasteiger partial charge in [0.25, 0.3) is 0 Å². The lowest BCUT2D eigenvalue weighted by Gasteiger charge is -2.35. The summed E-state index contributed by atoms with van der Waals surface area (Å²) in [5.41, 5.74) is 0. The van der Waals surface area contributed by atoms with Crippen molar-refractivity contribution in [2.75, 3.05) is 39.6 Å². The first kappa shape index (κ1) is 12.4. The minimum Gasteiger partial charge on any atom is -0.383 e. The number of methoxy groups -OCH3 is 1. The summed E-state index contributed by atoms with van der Waals surface area (Å²) < 4.78 is 28.1. The molecule has 1 saturated heterocycles. The van der Waals surface area contributed by atoms with Gasteiger partial charge < -0.3 is 10.1 Å². The highest BCUT2D eigenvalue weighted by Gasteiger charge is 2.37. The Morgan fingerprint density at radius 2 is 2.13 bits per heavy atom. The average Bonchev–Trinajstić information content (AvgIpc) is 1.98. The SMILES string of the molecule is COCCNC(=O)C1CN(S(C)(=O)=O)C1. The fraction of sp³-hybridized carbons (Fsp3) is 0.875. The molecular formula is C8H16N2O4S. The van der Waals surface area contributed by atoms with Gasteiger partial charge in [-0.2, -0.15) is 0 Å². The Bertz CT molecular complexity index is 322. The molecule has 0 aromatic carbocycles. The van der Waals surface area contributed by atoms with Crippen LogP contribution in [-0.4, -0.2) is 58.2 Å². The predicted molar refractivity (Wildman–Crippen MR) is 54.8 cm³/mol. The van der Waals surface area contributed by atoms with Gasteiger partial charge in [0, 0.05) is 26.7 Å². The van der Waals surface area contributed by atoms with Crippen LogP contribution in [0.1, 0.15) is 0 Å². The maximum atomic E-state index is 11.4. The van der Waals surface area contributed by atoms with E-state index in [9.17, 15) is 13.2 Å². The molecular weight excluding hydrogens is 220 g/mol. The van der Waals surface area contributed by atoms with E-state index in [0.717, 1.165) is 6.26 Å². The summed E-state index contributed by atoms with van der Waals surface area (Å²) >= 11 is 0. The molecule has 1 aliphatic heterocycles. The van der Waals surface area contributed by atoms with Crippen LogP contribution in [0.3, 0.4) is 0 Å². The number of sulfonamides is 1. The van der Waals surface area contributed by atoms with Gasteiger partial charge >= 0.3 is 0 Å². The Labute approximate surface area is 89.6 Å². The average molecular weight is 236 g/mol. The van der Waals surface area contributed by atoms with E-state index in [1.54, 1.807) is 7.11 Å². The lowest BCUT2D eigenvalue weighted by molar-refractivity contribution is -0.128. The van der Waals surface area contributed by atoms with Gasteiger partial charge in [0.1, 0.15) is 0 Å². The maximum absolute atomic E-state index is 11.4. The second kappa shape index (κ2) is 4.91. The van der Waals surface area contributed by atoms with Crippen molar-refractivity contribution in [2.24, 2.45) is 5.92 Å². The largest absolute Gasteiger partial charge is 0.383 e. The van der Waals surface area contributed by atoms with Gasteiger partial charge in [-0.3, -0.25) is 4.79 Å². The summed E-state index contributed by atoms with van der Waals surface area (Å²) in [6.45, 7) is 1.51. The fourth-order valence-electron chi connectivity index (χ4n) is 1.30. The number of nitrogens with zero attached hydrogens (tertiary/aromatic N) is 1. The second-order valence-electron chi connectivity index (χ2n) is 3.56. The molecule has 0 aromatic heterocycles. The first-order valence-corrected chi connectivity index (χ1v) is 6.51. The Hall–Kier alpha value is -0.660. The molecule has 88 valence electrons. The van der Waals surface area contributed by atoms with E-state index in [4.69, 9.17) is 4.74 Å². The van der Waals surface area contributed by atoms with Crippen molar-refractivity contribution >= 4 is 15.9 Å². The van der Waals surface area contributed by atoms with Crippen LogP contribution in [0.2, 0.25) is 0 Å². The van der Waals surface area contributed by atoms with E-state index in [-0.39, 0.29) is 24.9 Å². The topological polar surface area (TPSA) is 75.7 Å². The smallest absolute Gasteiger partial charge is 0.225 e. The zero-order valence-electron chi connectivity index (χ0n) is 8.89. The van der Waals surface area contributed by atoms with Crippen LogP contribution >= 0.6 is 0 Å². The third-order valence-corrected chi connectivity index (χ3v) is 3.53. The Kier molecular flexibility index (Phi) is 4.06. The monoisotopic (exact) mass is 236 g/mol. The summed E-state index contributed by atoms with van der Waals surface area (Å²) in [6, 6.07) is 0. The van der Waals surface area contributed by atoms with Gasteiger partial charge in [-0.15, -0.1) is 0 Å². The van der Waals surface area contributed by atoms with Gasteiger partial charge in [-0.25, -0.2) is 12.7 Å². The van der Waals surface area contributed by atoms with Crippen molar-refractivity contribution in [3.8, 4) is 0 Å². The molecule has 7 heteroatoms. The highest BCUT2D eigenvalue weighted by Crippen LogP contribution is 2.18. The Morgan fingerprint density at radius 3 is 2.60 bits per heavy atom. The molecule has 1 N–H and O–H groups in total. The van der Waals surface area contributed by atoms with Crippen LogP contribution in [0.15, 0.2) is 0 Å². The summed E-state index contributed by atoms with van der Waals surface area (Å²) in [7, 11) is -1.57. The van der Waals surface area contributed by atoms with Crippen molar-refractivity contribution in [3.05, 3.63) is 0 Å². The molecule has 0 aromatic rings. The number of carbonyl (C=O) groups excluding carboxylic acids is 1. The van der Waals surface area contributed by atoms with Crippen molar-refractivity contribution < 1.29 is 17.9 Å². The number of carbonyl (C=O) groups is 1. The number of amides is 1. The zero-order valence-corrected chi connectivity index (χ0v) is 9.71. The highest BCUT2D eigenvalue weighted by molar-refractivity contribution is 7.88. The lowest BCUT2D eigenvalue weighted by atomic mass is 10.0. The van der Waals surface area contributed by atoms with Crippen LogP contribution in [0.5, 0.6) is 0 Å². The molecule has 0 bridgehead atoms. The first-order valence-electron chi connectivity index (χ1n) is 4.67. The molecule has 0 aliphatic carbocycles. The summed E-state index contributed by atoms with van der Waals surface area (Å²) in [5.74, 6) is -0.316. The van der Waals surface area contributed by atoms with E-state index in [2.05, 4.69) is 5.32 Å². The van der Waals surface area contributed by atoms with Crippen molar-refractivity contribution in [2.45, 2.75) is 0 Å². The predicted octanol–water partition coefficient (Wildman–Crippen LogP) is -1.36. The maximum Gasteiger partial charge on any atom is 0.225 e. The lowest BCUT2D eigenvalue weighted by Crippen LogP contribution is -2.55. The molecule has 0 saturated carbocycles. The Morgan fingerprint density at radius 1 is 1.53 bits per heavy atom. The molecule has 1 rings (SSSR count). The van der Waals surface area contributed by atoms with Crippen LogP contribution < -0.4 is 5.32 Å². The first-order chi connectivity index (χ1) is 6.95. The number of ether oxygens (including phenoxy) is 1. The molecule has 15 heavy (non-hydrogen) atoms. The van der Waals surface area contributed by atoms with Crippen LogP contribution in [0.25, 0.3) is 0 Å². The standard InChI is InChI=1S/C8H16N2O4S/c1-14-4-3-9-8(11)7-5-10(6-7)15(2,12)13/h7H,3-6H2,1-2H3,(H,9,11). The third-order valence-electron chi connectivity index (χ3n) is 2.29. The number of nitrogens with one attached hydrogen (secondary N) is 1. The van der Waals surface area contributed by atoms with Gasteiger partial charge in [-0.05, 0) is 0 Å². The molecule has 1 heterocycles. The highest BCUT2D eigenvalue weighted by atomic mass is 32.2. The molecule has 1 aliphatic rings. The normalized spacial score (nSPS) is 18.5. The van der Waals surface area contributed by atoms with Crippen LogP contribution in [0, 0.1) is 5.92 Å². The van der Waals surface area contributed by atoms with E-state index >= 15 is 0 Å². The van der Waals surface area contributed by atoms with Gasteiger partial charge in [-0.1, -0.05) is 0 Å². The number of hydrogen-bond donors (Lipinski definition) is 1. The quantitative estimate of drug-likeness (QED) is 0.598. The molecule has 1 fully saturated rings. The fourth-order valence-corrected chi connectivity index (χ4v) is 2.20. The van der Waals surface area contributed by atoms with Crippen molar-refractivity contribution in [1.82, 2.24) is 9.62 Å². The number of hydrogen-bond acceptors (Lipinski definition) is 4. The van der Waals surface area contributed by atoms with E-state index in [0.29, 0.717) is 13.2 Å². The van der Waals surface area contributed by atoms with Gasteiger partial charge in [0.2, 0.25) is 15.9 Å². The Balaban J connectivity index is 2.24. The van der Waals surface area contributed by atoms with Gasteiger partial charge in [0.05, 0.1) is 18.8 Å². The summed E-state index contributed by atoms with van der Waals surface area (Å²) in [4.78, 5) is 11.4. The molecule has 0 radical (unpaired) electrons. The number of rotatable bonds is 5. The third kappa shape index (κ3) is 3.44. The van der Waals surface area contributed by atoms with Crippen molar-refractivity contribution in [3.63, 3.8) is 0 Å².